The first-order valence-electron chi connectivity index (χ1n) is 3.61. The Hall–Kier alpha value is -0.390. The smallest absolute Gasteiger partial charge is 0.320 e. The van der Waals surface area contributed by atoms with Crippen molar-refractivity contribution in [2.75, 3.05) is 0 Å². The molecule has 0 aliphatic rings. The van der Waals surface area contributed by atoms with E-state index in [9.17, 15) is 0 Å². The number of halogens is 3. The lowest BCUT2D eigenvalue weighted by molar-refractivity contribution is 0.421. The highest BCUT2D eigenvalue weighted by molar-refractivity contribution is 9.13. The van der Waals surface area contributed by atoms with Crippen LogP contribution in [-0.2, 0) is 0 Å². The van der Waals surface area contributed by atoms with Gasteiger partial charge >= 0.3 is 5.35 Å². The Kier molecular flexibility index (Phi) is 2.90. The first-order chi connectivity index (χ1) is 6.66. The molecule has 0 amide bonds. The maximum atomic E-state index is 5.52. The van der Waals surface area contributed by atoms with Crippen LogP contribution in [0.25, 0.3) is 11.4 Å². The molecule has 0 spiro atoms. The molecule has 1 aromatic heterocycles. The van der Waals surface area contributed by atoms with Crippen LogP contribution in [0.3, 0.4) is 0 Å². The SMILES string of the molecule is Clc1nc(-c2ccc(Br)c(Br)c2)no1. The number of nitrogens with zero attached hydrogens (tertiary/aromatic N) is 2. The van der Waals surface area contributed by atoms with E-state index in [2.05, 4.69) is 46.5 Å². The van der Waals surface area contributed by atoms with Crippen LogP contribution < -0.4 is 0 Å². The molecule has 6 heteroatoms. The van der Waals surface area contributed by atoms with E-state index in [4.69, 9.17) is 11.6 Å². The number of benzene rings is 1. The minimum Gasteiger partial charge on any atom is -0.321 e. The lowest BCUT2D eigenvalue weighted by Gasteiger charge is -1.97. The molecule has 0 radical (unpaired) electrons. The minimum absolute atomic E-state index is 0.0408. The predicted molar refractivity (Wildman–Crippen MR) is 60.1 cm³/mol. The van der Waals surface area contributed by atoms with Gasteiger partial charge in [0.25, 0.3) is 0 Å². The quantitative estimate of drug-likeness (QED) is 0.791. The molecule has 0 unspecified atom stereocenters. The van der Waals surface area contributed by atoms with Crippen LogP contribution in [0.2, 0.25) is 5.35 Å². The summed E-state index contributed by atoms with van der Waals surface area (Å²) in [5, 5.41) is 3.74. The molecule has 1 heterocycles. The summed E-state index contributed by atoms with van der Waals surface area (Å²) < 4.78 is 6.56. The maximum absolute atomic E-state index is 5.52. The first kappa shape index (κ1) is 10.1. The van der Waals surface area contributed by atoms with E-state index in [0.717, 1.165) is 14.5 Å². The summed E-state index contributed by atoms with van der Waals surface area (Å²) in [6.45, 7) is 0. The molecule has 0 fully saturated rings. The van der Waals surface area contributed by atoms with Gasteiger partial charge in [-0.05, 0) is 61.7 Å². The van der Waals surface area contributed by atoms with Crippen molar-refractivity contribution in [3.05, 3.63) is 32.5 Å². The normalized spacial score (nSPS) is 10.5. The molecular formula is C8H3Br2ClN2O. The van der Waals surface area contributed by atoms with E-state index >= 15 is 0 Å². The Morgan fingerprint density at radius 2 is 2.00 bits per heavy atom. The highest BCUT2D eigenvalue weighted by Crippen LogP contribution is 2.28. The Morgan fingerprint density at radius 1 is 1.21 bits per heavy atom. The summed E-state index contributed by atoms with van der Waals surface area (Å²) in [4.78, 5) is 3.90. The van der Waals surface area contributed by atoms with Crippen molar-refractivity contribution >= 4 is 43.5 Å². The summed E-state index contributed by atoms with van der Waals surface area (Å²) >= 11 is 12.3. The van der Waals surface area contributed by atoms with E-state index in [1.807, 2.05) is 18.2 Å². The van der Waals surface area contributed by atoms with Gasteiger partial charge in [0, 0.05) is 14.5 Å². The lowest BCUT2D eigenvalue weighted by Crippen LogP contribution is -1.80. The Labute approximate surface area is 102 Å². The number of aromatic nitrogens is 2. The van der Waals surface area contributed by atoms with E-state index in [-0.39, 0.29) is 5.35 Å². The zero-order chi connectivity index (χ0) is 10.1. The van der Waals surface area contributed by atoms with Crippen molar-refractivity contribution in [3.63, 3.8) is 0 Å². The average molecular weight is 338 g/mol. The first-order valence-corrected chi connectivity index (χ1v) is 5.58. The zero-order valence-corrected chi connectivity index (χ0v) is 10.6. The van der Waals surface area contributed by atoms with E-state index in [1.165, 1.54) is 0 Å². The largest absolute Gasteiger partial charge is 0.321 e. The van der Waals surface area contributed by atoms with Crippen molar-refractivity contribution in [2.45, 2.75) is 0 Å². The molecule has 0 saturated heterocycles. The van der Waals surface area contributed by atoms with E-state index in [0.29, 0.717) is 5.82 Å². The van der Waals surface area contributed by atoms with Crippen LogP contribution in [0.5, 0.6) is 0 Å². The molecule has 1 aromatic carbocycles. The van der Waals surface area contributed by atoms with Crippen molar-refractivity contribution in [1.29, 1.82) is 0 Å². The van der Waals surface area contributed by atoms with Gasteiger partial charge < -0.3 is 4.52 Å². The summed E-state index contributed by atoms with van der Waals surface area (Å²) in [6, 6.07) is 5.64. The van der Waals surface area contributed by atoms with Crippen LogP contribution in [0.15, 0.2) is 31.7 Å². The summed E-state index contributed by atoms with van der Waals surface area (Å²) in [7, 11) is 0. The van der Waals surface area contributed by atoms with Crippen LogP contribution >= 0.6 is 43.5 Å². The standard InChI is InChI=1S/C8H3Br2ClN2O/c9-5-2-1-4(3-6(5)10)7-12-8(11)14-13-7/h1-3H. The molecule has 72 valence electrons. The van der Waals surface area contributed by atoms with Crippen LogP contribution in [-0.4, -0.2) is 10.1 Å². The second kappa shape index (κ2) is 4.00. The molecule has 2 rings (SSSR count). The Bertz CT molecular complexity index is 472. The van der Waals surface area contributed by atoms with Gasteiger partial charge in [0.2, 0.25) is 5.82 Å². The van der Waals surface area contributed by atoms with Gasteiger partial charge in [-0.15, -0.1) is 0 Å². The number of hydrogen-bond donors (Lipinski definition) is 0. The predicted octanol–water partition coefficient (Wildman–Crippen LogP) is 3.92. The molecule has 0 N–H and O–H groups in total. The third-order valence-electron chi connectivity index (χ3n) is 1.58. The molecule has 0 atom stereocenters. The van der Waals surface area contributed by atoms with E-state index < -0.39 is 0 Å². The maximum Gasteiger partial charge on any atom is 0.320 e. The van der Waals surface area contributed by atoms with Crippen LogP contribution in [0.1, 0.15) is 0 Å². The van der Waals surface area contributed by atoms with Crippen molar-refractivity contribution in [1.82, 2.24) is 10.1 Å². The van der Waals surface area contributed by atoms with Gasteiger partial charge in [-0.1, -0.05) is 5.16 Å². The molecule has 0 aliphatic carbocycles. The van der Waals surface area contributed by atoms with Gasteiger partial charge in [0.1, 0.15) is 0 Å². The van der Waals surface area contributed by atoms with Gasteiger partial charge in [-0.3, -0.25) is 0 Å². The van der Waals surface area contributed by atoms with Gasteiger partial charge in [0.15, 0.2) is 0 Å². The average Bonchev–Trinajstić information content (AvgIpc) is 2.57. The zero-order valence-electron chi connectivity index (χ0n) is 6.67. The number of hydrogen-bond acceptors (Lipinski definition) is 3. The minimum atomic E-state index is 0.0408. The summed E-state index contributed by atoms with van der Waals surface area (Å²) in [6.07, 6.45) is 0. The molecule has 3 nitrogen and oxygen atoms in total. The van der Waals surface area contributed by atoms with Crippen molar-refractivity contribution in [2.24, 2.45) is 0 Å². The molecule has 0 saturated carbocycles. The summed E-state index contributed by atoms with van der Waals surface area (Å²) in [5.41, 5.74) is 0.843. The van der Waals surface area contributed by atoms with Gasteiger partial charge in [-0.25, -0.2) is 0 Å². The lowest BCUT2D eigenvalue weighted by atomic mass is 10.2. The molecule has 0 aliphatic heterocycles. The Morgan fingerprint density at radius 3 is 2.57 bits per heavy atom. The van der Waals surface area contributed by atoms with Crippen molar-refractivity contribution in [3.8, 4) is 11.4 Å². The second-order valence-electron chi connectivity index (χ2n) is 2.50. The Balaban J connectivity index is 2.47. The summed E-state index contributed by atoms with van der Waals surface area (Å²) in [5.74, 6) is 0.475. The van der Waals surface area contributed by atoms with Gasteiger partial charge in [0.05, 0.1) is 0 Å². The molecule has 0 bridgehead atoms. The third kappa shape index (κ3) is 1.99. The molecular weight excluding hydrogens is 335 g/mol. The molecule has 2 aromatic rings. The topological polar surface area (TPSA) is 38.9 Å². The van der Waals surface area contributed by atoms with Crippen LogP contribution in [0, 0.1) is 0 Å². The van der Waals surface area contributed by atoms with Crippen molar-refractivity contribution < 1.29 is 4.52 Å². The fourth-order valence-electron chi connectivity index (χ4n) is 0.957. The fourth-order valence-corrected chi connectivity index (χ4v) is 1.70. The number of rotatable bonds is 1. The molecule has 14 heavy (non-hydrogen) atoms. The van der Waals surface area contributed by atoms with Gasteiger partial charge in [-0.2, -0.15) is 4.98 Å². The highest BCUT2D eigenvalue weighted by Gasteiger charge is 2.07. The highest BCUT2D eigenvalue weighted by atomic mass is 79.9. The second-order valence-corrected chi connectivity index (χ2v) is 4.53. The van der Waals surface area contributed by atoms with Crippen LogP contribution in [0.4, 0.5) is 0 Å². The van der Waals surface area contributed by atoms with E-state index in [1.54, 1.807) is 0 Å². The fraction of sp³-hybridized carbons (Fsp3) is 0. The third-order valence-corrected chi connectivity index (χ3v) is 3.61. The monoisotopic (exact) mass is 336 g/mol.